The monoisotopic (exact) mass is 568 g/mol. The first-order valence-corrected chi connectivity index (χ1v) is 13.6. The average molecular weight is 569 g/mol. The highest BCUT2D eigenvalue weighted by Crippen LogP contribution is 2.28. The van der Waals surface area contributed by atoms with Gasteiger partial charge >= 0.3 is 0 Å². The Balaban J connectivity index is 1.46. The quantitative estimate of drug-likeness (QED) is 0.303. The van der Waals surface area contributed by atoms with Crippen molar-refractivity contribution in [3.8, 4) is 28.9 Å². The molecule has 1 unspecified atom stereocenters. The number of rotatable bonds is 5. The van der Waals surface area contributed by atoms with E-state index >= 15 is 0 Å². The summed E-state index contributed by atoms with van der Waals surface area (Å²) < 4.78 is 4.84. The molecule has 1 amide bonds. The molecule has 0 fully saturated rings. The molecule has 3 N–H and O–H groups in total. The minimum Gasteiger partial charge on any atom is -0.382 e. The molecule has 10 heteroatoms. The molecule has 4 aromatic heterocycles. The van der Waals surface area contributed by atoms with Crippen molar-refractivity contribution >= 4 is 22.5 Å². The molecular weight excluding hydrogens is 540 g/mol. The zero-order valence-electron chi connectivity index (χ0n) is 23.8. The first kappa shape index (κ1) is 27.2. The molecule has 1 atom stereocenters. The van der Waals surface area contributed by atoms with Gasteiger partial charge in [-0.25, -0.2) is 0 Å². The summed E-state index contributed by atoms with van der Waals surface area (Å²) in [6, 6.07) is 21.6. The van der Waals surface area contributed by atoms with E-state index in [1.807, 2.05) is 80.8 Å². The summed E-state index contributed by atoms with van der Waals surface area (Å²) >= 11 is 0. The van der Waals surface area contributed by atoms with E-state index in [-0.39, 0.29) is 16.9 Å². The molecule has 43 heavy (non-hydrogen) atoms. The highest BCUT2D eigenvalue weighted by molar-refractivity contribution is 6.04. The molecule has 0 radical (unpaired) electrons. The lowest BCUT2D eigenvalue weighted by Crippen LogP contribution is -2.32. The number of anilines is 1. The van der Waals surface area contributed by atoms with Crippen LogP contribution in [0.4, 0.5) is 5.82 Å². The van der Waals surface area contributed by atoms with Crippen molar-refractivity contribution in [1.29, 1.82) is 0 Å². The normalized spacial score (nSPS) is 11.6. The molecule has 0 bridgehead atoms. The second-order valence-electron chi connectivity index (χ2n) is 10.1. The van der Waals surface area contributed by atoms with Crippen molar-refractivity contribution in [2.24, 2.45) is 14.1 Å². The third-order valence-electron chi connectivity index (χ3n) is 7.14. The van der Waals surface area contributed by atoms with Crippen molar-refractivity contribution in [2.45, 2.75) is 13.0 Å². The van der Waals surface area contributed by atoms with Gasteiger partial charge in [0.25, 0.3) is 11.5 Å². The SMILES string of the molecule is CC(NC(=O)c1c(N)nn(C)c1-c1ccccn1)c1cc2cccc(C#Cc3cnn(C)c3)c2c(=O)n1-c1ccccc1. The Kier molecular flexibility index (Phi) is 7.06. The summed E-state index contributed by atoms with van der Waals surface area (Å²) in [5.74, 6) is 5.92. The van der Waals surface area contributed by atoms with Crippen LogP contribution < -0.4 is 16.6 Å². The number of nitrogens with one attached hydrogen (secondary N) is 1. The van der Waals surface area contributed by atoms with Gasteiger partial charge in [0.05, 0.1) is 28.9 Å². The van der Waals surface area contributed by atoms with E-state index in [0.29, 0.717) is 39.1 Å². The Labute approximate surface area is 247 Å². The number of aryl methyl sites for hydroxylation is 2. The maximum Gasteiger partial charge on any atom is 0.264 e. The van der Waals surface area contributed by atoms with Gasteiger partial charge in [0.2, 0.25) is 0 Å². The fraction of sp³-hybridized carbons (Fsp3) is 0.121. The van der Waals surface area contributed by atoms with Gasteiger partial charge in [-0.2, -0.15) is 10.2 Å². The topological polar surface area (TPSA) is 126 Å². The maximum absolute atomic E-state index is 14.3. The van der Waals surface area contributed by atoms with Crippen LogP contribution in [0.5, 0.6) is 0 Å². The molecule has 4 heterocycles. The predicted octanol–water partition coefficient (Wildman–Crippen LogP) is 3.99. The number of nitrogen functional groups attached to an aromatic ring is 1. The predicted molar refractivity (Wildman–Crippen MR) is 165 cm³/mol. The molecule has 0 aliphatic heterocycles. The van der Waals surface area contributed by atoms with E-state index in [1.54, 1.807) is 45.5 Å². The van der Waals surface area contributed by atoms with Crippen LogP contribution in [0.15, 0.2) is 96.2 Å². The lowest BCUT2D eigenvalue weighted by molar-refractivity contribution is 0.0940. The van der Waals surface area contributed by atoms with E-state index in [1.165, 1.54) is 0 Å². The first-order valence-electron chi connectivity index (χ1n) is 13.6. The van der Waals surface area contributed by atoms with Crippen LogP contribution in [0.3, 0.4) is 0 Å². The molecule has 0 aliphatic rings. The molecule has 0 saturated carbocycles. The molecule has 6 aromatic rings. The number of fused-ring (bicyclic) bond motifs is 1. The smallest absolute Gasteiger partial charge is 0.264 e. The van der Waals surface area contributed by atoms with Crippen LogP contribution in [0.2, 0.25) is 0 Å². The fourth-order valence-corrected chi connectivity index (χ4v) is 5.18. The van der Waals surface area contributed by atoms with Gasteiger partial charge in [-0.15, -0.1) is 0 Å². The second-order valence-corrected chi connectivity index (χ2v) is 10.1. The molecule has 6 rings (SSSR count). The van der Waals surface area contributed by atoms with Crippen LogP contribution in [-0.4, -0.2) is 35.0 Å². The molecule has 10 nitrogen and oxygen atoms in total. The number of hydrogen-bond donors (Lipinski definition) is 2. The van der Waals surface area contributed by atoms with Gasteiger partial charge in [0, 0.05) is 43.4 Å². The standard InChI is InChI=1S/C33H28N8O2/c1-21(37-32(42)29-30(40(3)38-31(29)34)26-14-7-8-17-35-26)27-18-24-11-9-10-23(16-15-22-19-36-39(2)20-22)28(24)33(43)41(27)25-12-5-4-6-13-25/h4-14,17-21H,1-3H3,(H2,34,38)(H,37,42). The lowest BCUT2D eigenvalue weighted by Gasteiger charge is -2.21. The Hall–Kier alpha value is -5.95. The summed E-state index contributed by atoms with van der Waals surface area (Å²) in [7, 11) is 3.54. The van der Waals surface area contributed by atoms with Gasteiger partial charge in [0.15, 0.2) is 5.82 Å². The molecule has 0 saturated heterocycles. The van der Waals surface area contributed by atoms with E-state index in [9.17, 15) is 9.59 Å². The van der Waals surface area contributed by atoms with Crippen molar-refractivity contribution in [3.05, 3.63) is 124 Å². The Bertz CT molecular complexity index is 2100. The van der Waals surface area contributed by atoms with Crippen molar-refractivity contribution in [2.75, 3.05) is 5.73 Å². The third-order valence-corrected chi connectivity index (χ3v) is 7.14. The van der Waals surface area contributed by atoms with E-state index in [2.05, 4.69) is 32.3 Å². The number of pyridine rings is 2. The number of carbonyl (C=O) groups is 1. The maximum atomic E-state index is 14.3. The molecule has 2 aromatic carbocycles. The number of benzene rings is 2. The number of nitrogens with two attached hydrogens (primary N) is 1. The largest absolute Gasteiger partial charge is 0.382 e. The van der Waals surface area contributed by atoms with Crippen LogP contribution in [-0.2, 0) is 14.1 Å². The van der Waals surface area contributed by atoms with Crippen molar-refractivity contribution in [1.82, 2.24) is 34.4 Å². The molecule has 212 valence electrons. The Morgan fingerprint density at radius 2 is 1.79 bits per heavy atom. The van der Waals surface area contributed by atoms with Crippen molar-refractivity contribution in [3.63, 3.8) is 0 Å². The Morgan fingerprint density at radius 1 is 1.00 bits per heavy atom. The number of aromatic nitrogens is 6. The Morgan fingerprint density at radius 3 is 2.51 bits per heavy atom. The highest BCUT2D eigenvalue weighted by Gasteiger charge is 2.26. The third kappa shape index (κ3) is 5.15. The van der Waals surface area contributed by atoms with Crippen LogP contribution in [0, 0.1) is 11.8 Å². The number of para-hydroxylation sites is 1. The fourth-order valence-electron chi connectivity index (χ4n) is 5.18. The number of nitrogens with zero attached hydrogens (tertiary/aromatic N) is 6. The van der Waals surface area contributed by atoms with Crippen LogP contribution >= 0.6 is 0 Å². The summed E-state index contributed by atoms with van der Waals surface area (Å²) in [5.41, 5.74) is 9.85. The van der Waals surface area contributed by atoms with E-state index in [4.69, 9.17) is 5.73 Å². The summed E-state index contributed by atoms with van der Waals surface area (Å²) in [6.07, 6.45) is 5.14. The minimum atomic E-state index is -0.592. The minimum absolute atomic E-state index is 0.0867. The van der Waals surface area contributed by atoms with Crippen LogP contribution in [0.25, 0.3) is 27.8 Å². The van der Waals surface area contributed by atoms with Gasteiger partial charge in [0.1, 0.15) is 11.3 Å². The van der Waals surface area contributed by atoms with Gasteiger partial charge in [-0.1, -0.05) is 48.2 Å². The molecular formula is C33H28N8O2. The van der Waals surface area contributed by atoms with E-state index in [0.717, 1.165) is 5.56 Å². The van der Waals surface area contributed by atoms with Crippen LogP contribution in [0.1, 0.15) is 40.1 Å². The second kappa shape index (κ2) is 11.1. The first-order chi connectivity index (χ1) is 20.8. The number of hydrogen-bond acceptors (Lipinski definition) is 6. The summed E-state index contributed by atoms with van der Waals surface area (Å²) in [4.78, 5) is 32.4. The van der Waals surface area contributed by atoms with Gasteiger partial charge < -0.3 is 11.1 Å². The lowest BCUT2D eigenvalue weighted by atomic mass is 10.0. The highest BCUT2D eigenvalue weighted by atomic mass is 16.2. The van der Waals surface area contributed by atoms with Gasteiger partial charge in [-0.3, -0.25) is 28.5 Å². The van der Waals surface area contributed by atoms with Gasteiger partial charge in [-0.05, 0) is 48.7 Å². The number of amides is 1. The molecule has 0 aliphatic carbocycles. The zero-order chi connectivity index (χ0) is 30.1. The number of carbonyl (C=O) groups excluding carboxylic acids is 1. The van der Waals surface area contributed by atoms with E-state index < -0.39 is 11.9 Å². The zero-order valence-corrected chi connectivity index (χ0v) is 23.8. The summed E-state index contributed by atoms with van der Waals surface area (Å²) in [5, 5.41) is 12.7. The summed E-state index contributed by atoms with van der Waals surface area (Å²) in [6.45, 7) is 1.83. The van der Waals surface area contributed by atoms with Crippen molar-refractivity contribution < 1.29 is 4.79 Å². The average Bonchev–Trinajstić information content (AvgIpc) is 3.57. The molecule has 0 spiro atoms.